The van der Waals surface area contributed by atoms with Gasteiger partial charge < -0.3 is 19.2 Å². The average molecular weight is 407 g/mol. The molecule has 2 aliphatic rings. The lowest BCUT2D eigenvalue weighted by Gasteiger charge is -2.32. The maximum Gasteiger partial charge on any atom is 0.170 e. The molecule has 0 aromatic carbocycles. The van der Waals surface area contributed by atoms with Crippen LogP contribution < -0.4 is 5.32 Å². The first kappa shape index (κ1) is 18.4. The molecule has 0 unspecified atom stereocenters. The van der Waals surface area contributed by atoms with Crippen molar-refractivity contribution >= 4 is 17.3 Å². The molecule has 3 aromatic rings. The van der Waals surface area contributed by atoms with Crippen LogP contribution in [0.4, 0.5) is 0 Å². The number of aromatic nitrogens is 2. The molecule has 3 aromatic heterocycles. The van der Waals surface area contributed by atoms with Crippen molar-refractivity contribution in [2.24, 2.45) is 0 Å². The Morgan fingerprint density at radius 3 is 2.72 bits per heavy atom. The van der Waals surface area contributed by atoms with Gasteiger partial charge in [0.1, 0.15) is 5.76 Å². The Labute approximate surface area is 176 Å². The first-order chi connectivity index (χ1) is 14.3. The van der Waals surface area contributed by atoms with Crippen molar-refractivity contribution in [2.45, 2.75) is 56.8 Å². The molecule has 4 heterocycles. The van der Waals surface area contributed by atoms with E-state index >= 15 is 0 Å². The van der Waals surface area contributed by atoms with Crippen molar-refractivity contribution in [3.8, 4) is 0 Å². The molecule has 6 heteroatoms. The third-order valence-corrected chi connectivity index (χ3v) is 6.54. The predicted octanol–water partition coefficient (Wildman–Crippen LogP) is 5.15. The van der Waals surface area contributed by atoms with Crippen molar-refractivity contribution in [1.82, 2.24) is 19.8 Å². The Morgan fingerprint density at radius 1 is 1.07 bits per heavy atom. The highest BCUT2D eigenvalue weighted by Gasteiger charge is 2.42. The number of nitrogens with one attached hydrogen (secondary N) is 1. The molecule has 1 aliphatic carbocycles. The van der Waals surface area contributed by atoms with Crippen LogP contribution in [0.5, 0.6) is 0 Å². The van der Waals surface area contributed by atoms with Crippen LogP contribution in [0.3, 0.4) is 0 Å². The third kappa shape index (κ3) is 3.57. The summed E-state index contributed by atoms with van der Waals surface area (Å²) in [5.74, 6) is 0.914. The van der Waals surface area contributed by atoms with Crippen LogP contribution in [0.25, 0.3) is 0 Å². The van der Waals surface area contributed by atoms with E-state index in [0.29, 0.717) is 12.6 Å². The average Bonchev–Trinajstić information content (AvgIpc) is 3.51. The molecule has 29 heavy (non-hydrogen) atoms. The number of furan rings is 1. The van der Waals surface area contributed by atoms with Gasteiger partial charge in [0.15, 0.2) is 5.11 Å². The molecule has 0 amide bonds. The van der Waals surface area contributed by atoms with Gasteiger partial charge in [-0.3, -0.25) is 4.98 Å². The second-order valence-electron chi connectivity index (χ2n) is 7.97. The highest BCUT2D eigenvalue weighted by molar-refractivity contribution is 7.80. The predicted molar refractivity (Wildman–Crippen MR) is 116 cm³/mol. The van der Waals surface area contributed by atoms with E-state index in [2.05, 4.69) is 44.2 Å². The van der Waals surface area contributed by atoms with Crippen molar-refractivity contribution < 1.29 is 4.42 Å². The topological polar surface area (TPSA) is 46.2 Å². The summed E-state index contributed by atoms with van der Waals surface area (Å²) in [6.45, 7) is 0.642. The van der Waals surface area contributed by atoms with Crippen molar-refractivity contribution in [3.63, 3.8) is 0 Å². The summed E-state index contributed by atoms with van der Waals surface area (Å²) in [6.07, 6.45) is 12.3. The van der Waals surface area contributed by atoms with E-state index in [4.69, 9.17) is 16.6 Å². The summed E-state index contributed by atoms with van der Waals surface area (Å²) in [7, 11) is 0. The van der Waals surface area contributed by atoms with Gasteiger partial charge in [0.2, 0.25) is 0 Å². The largest absolute Gasteiger partial charge is 0.467 e. The van der Waals surface area contributed by atoms with E-state index in [-0.39, 0.29) is 12.1 Å². The molecule has 0 spiro atoms. The van der Waals surface area contributed by atoms with Gasteiger partial charge in [0.25, 0.3) is 0 Å². The summed E-state index contributed by atoms with van der Waals surface area (Å²) in [5.41, 5.74) is 2.31. The van der Waals surface area contributed by atoms with E-state index < -0.39 is 0 Å². The molecule has 2 fully saturated rings. The number of hydrogen-bond donors (Lipinski definition) is 1. The highest BCUT2D eigenvalue weighted by Crippen LogP contribution is 2.41. The van der Waals surface area contributed by atoms with Crippen LogP contribution >= 0.6 is 12.2 Å². The number of pyridine rings is 1. The van der Waals surface area contributed by atoms with Crippen LogP contribution in [-0.4, -0.2) is 19.6 Å². The molecule has 1 aliphatic heterocycles. The Kier molecular flexibility index (Phi) is 5.10. The molecule has 5 rings (SSSR count). The highest BCUT2D eigenvalue weighted by atomic mass is 32.1. The van der Waals surface area contributed by atoms with Crippen molar-refractivity contribution in [3.05, 3.63) is 78.3 Å². The van der Waals surface area contributed by atoms with Gasteiger partial charge >= 0.3 is 0 Å². The monoisotopic (exact) mass is 406 g/mol. The summed E-state index contributed by atoms with van der Waals surface area (Å²) in [6, 6.07) is 15.1. The zero-order valence-electron chi connectivity index (χ0n) is 16.4. The molecule has 1 saturated heterocycles. The fourth-order valence-electron chi connectivity index (χ4n) is 4.82. The molecule has 5 nitrogen and oxygen atoms in total. The third-order valence-electron chi connectivity index (χ3n) is 6.19. The van der Waals surface area contributed by atoms with E-state index in [1.54, 1.807) is 6.26 Å². The Bertz CT molecular complexity index is 946. The van der Waals surface area contributed by atoms with Gasteiger partial charge in [-0.25, -0.2) is 0 Å². The molecule has 0 bridgehead atoms. The molecule has 0 radical (unpaired) electrons. The van der Waals surface area contributed by atoms with E-state index in [0.717, 1.165) is 16.6 Å². The molecular formula is C23H26N4OS. The minimum Gasteiger partial charge on any atom is -0.467 e. The lowest BCUT2D eigenvalue weighted by atomic mass is 9.94. The van der Waals surface area contributed by atoms with Crippen molar-refractivity contribution in [1.29, 1.82) is 0 Å². The van der Waals surface area contributed by atoms with Crippen LogP contribution in [0, 0.1) is 0 Å². The normalized spacial score (nSPS) is 22.8. The van der Waals surface area contributed by atoms with Crippen LogP contribution in [-0.2, 0) is 6.54 Å². The minimum absolute atomic E-state index is 0.0101. The zero-order valence-corrected chi connectivity index (χ0v) is 17.2. The first-order valence-electron chi connectivity index (χ1n) is 10.5. The molecule has 1 N–H and O–H groups in total. The number of hydrogen-bond acceptors (Lipinski definition) is 3. The second-order valence-corrected chi connectivity index (χ2v) is 8.35. The molecule has 2 atom stereocenters. The van der Waals surface area contributed by atoms with Gasteiger partial charge in [-0.05, 0) is 61.5 Å². The van der Waals surface area contributed by atoms with Gasteiger partial charge in [-0.2, -0.15) is 0 Å². The summed E-state index contributed by atoms with van der Waals surface area (Å²) in [5, 5.41) is 4.29. The lowest BCUT2D eigenvalue weighted by Crippen LogP contribution is -2.30. The first-order valence-corrected chi connectivity index (χ1v) is 10.9. The van der Waals surface area contributed by atoms with Crippen LogP contribution in [0.2, 0.25) is 0 Å². The Balaban J connectivity index is 1.55. The SMILES string of the molecule is S=C1N[C@@H](c2ccccn2)[C@@H](c2cccn2C2CCCCC2)N1Cc1ccco1. The van der Waals surface area contributed by atoms with Crippen LogP contribution in [0.15, 0.2) is 65.5 Å². The smallest absolute Gasteiger partial charge is 0.170 e. The van der Waals surface area contributed by atoms with Crippen molar-refractivity contribution in [2.75, 3.05) is 0 Å². The van der Waals surface area contributed by atoms with E-state index in [1.807, 2.05) is 30.5 Å². The fourth-order valence-corrected chi connectivity index (χ4v) is 5.12. The second kappa shape index (κ2) is 8.03. The lowest BCUT2D eigenvalue weighted by molar-refractivity contribution is 0.261. The minimum atomic E-state index is 0.0101. The number of thiocarbonyl (C=S) groups is 1. The van der Waals surface area contributed by atoms with Crippen LogP contribution in [0.1, 0.15) is 67.4 Å². The Morgan fingerprint density at radius 2 is 1.97 bits per heavy atom. The quantitative estimate of drug-likeness (QED) is 0.594. The zero-order chi connectivity index (χ0) is 19.6. The maximum absolute atomic E-state index is 5.78. The standard InChI is InChI=1S/C23H26N4OS/c29-23-25-21(19-11-4-5-13-24-19)22(27(23)16-18-10-7-15-28-18)20-12-6-14-26(20)17-8-2-1-3-9-17/h4-7,10-15,17,21-22H,1-3,8-9,16H2,(H,25,29)/t21-,22+/m0/s1. The van der Waals surface area contributed by atoms with Gasteiger partial charge in [0.05, 0.1) is 30.6 Å². The molecule has 150 valence electrons. The fraction of sp³-hybridized carbons (Fsp3) is 0.391. The van der Waals surface area contributed by atoms with Gasteiger partial charge in [-0.15, -0.1) is 0 Å². The summed E-state index contributed by atoms with van der Waals surface area (Å²) >= 11 is 5.78. The Hall–Kier alpha value is -2.60. The van der Waals surface area contributed by atoms with Gasteiger partial charge in [-0.1, -0.05) is 25.3 Å². The summed E-state index contributed by atoms with van der Waals surface area (Å²) in [4.78, 5) is 6.90. The maximum atomic E-state index is 5.78. The van der Waals surface area contributed by atoms with E-state index in [9.17, 15) is 0 Å². The molecular weight excluding hydrogens is 380 g/mol. The van der Waals surface area contributed by atoms with Gasteiger partial charge in [0, 0.05) is 24.1 Å². The molecule has 1 saturated carbocycles. The van der Waals surface area contributed by atoms with E-state index in [1.165, 1.54) is 37.8 Å². The number of nitrogens with zero attached hydrogens (tertiary/aromatic N) is 3. The summed E-state index contributed by atoms with van der Waals surface area (Å²) < 4.78 is 8.14. The number of rotatable bonds is 5.